The molecular weight excluding hydrogens is 274 g/mol. The van der Waals surface area contributed by atoms with Crippen molar-refractivity contribution in [1.82, 2.24) is 5.32 Å². The van der Waals surface area contributed by atoms with Crippen molar-refractivity contribution in [3.63, 3.8) is 0 Å². The molecule has 0 aromatic heterocycles. The van der Waals surface area contributed by atoms with Crippen molar-refractivity contribution >= 4 is 11.8 Å². The molecule has 1 nitrogen and oxygen atoms in total. The van der Waals surface area contributed by atoms with Crippen LogP contribution in [0.1, 0.15) is 36.5 Å². The van der Waals surface area contributed by atoms with Crippen molar-refractivity contribution in [2.75, 3.05) is 6.54 Å². The Hall–Kier alpha value is -1.25. The summed E-state index contributed by atoms with van der Waals surface area (Å²) < 4.78 is 0. The summed E-state index contributed by atoms with van der Waals surface area (Å²) in [5.41, 5.74) is 4.30. The highest BCUT2D eigenvalue weighted by Crippen LogP contribution is 2.36. The second kappa shape index (κ2) is 6.67. The van der Waals surface area contributed by atoms with E-state index in [1.54, 1.807) is 0 Å². The van der Waals surface area contributed by atoms with E-state index < -0.39 is 0 Å². The van der Waals surface area contributed by atoms with Gasteiger partial charge in [0, 0.05) is 23.2 Å². The van der Waals surface area contributed by atoms with Crippen LogP contribution < -0.4 is 5.32 Å². The average molecular weight is 297 g/mol. The first-order valence-corrected chi connectivity index (χ1v) is 8.64. The van der Waals surface area contributed by atoms with Crippen molar-refractivity contribution in [2.24, 2.45) is 0 Å². The predicted octanol–water partition coefficient (Wildman–Crippen LogP) is 4.62. The molecule has 0 radical (unpaired) electrons. The SMILES string of the molecule is CC(C)c1ccc(CNCC2Cc3ccccc3S2)cc1. The molecule has 0 amide bonds. The summed E-state index contributed by atoms with van der Waals surface area (Å²) in [5.74, 6) is 0.611. The van der Waals surface area contributed by atoms with Gasteiger partial charge in [-0.3, -0.25) is 0 Å². The number of fused-ring (bicyclic) bond motifs is 1. The maximum atomic E-state index is 3.61. The summed E-state index contributed by atoms with van der Waals surface area (Å²) >= 11 is 2.02. The fourth-order valence-electron chi connectivity index (χ4n) is 2.77. The maximum absolute atomic E-state index is 3.61. The second-order valence-electron chi connectivity index (χ2n) is 6.08. The zero-order valence-electron chi connectivity index (χ0n) is 12.8. The predicted molar refractivity (Wildman–Crippen MR) is 92.0 cm³/mol. The minimum Gasteiger partial charge on any atom is -0.312 e. The van der Waals surface area contributed by atoms with E-state index >= 15 is 0 Å². The first kappa shape index (κ1) is 14.7. The summed E-state index contributed by atoms with van der Waals surface area (Å²) in [6, 6.07) is 17.8. The van der Waals surface area contributed by atoms with Gasteiger partial charge in [0.05, 0.1) is 0 Å². The van der Waals surface area contributed by atoms with Gasteiger partial charge in [-0.1, -0.05) is 56.3 Å². The first-order valence-electron chi connectivity index (χ1n) is 7.76. The Morgan fingerprint density at radius 1 is 1.10 bits per heavy atom. The monoisotopic (exact) mass is 297 g/mol. The fourth-order valence-corrected chi connectivity index (χ4v) is 4.05. The smallest absolute Gasteiger partial charge is 0.0260 e. The Kier molecular flexibility index (Phi) is 4.67. The number of rotatable bonds is 5. The molecule has 1 aliphatic rings. The van der Waals surface area contributed by atoms with Crippen LogP contribution in [0.25, 0.3) is 0 Å². The molecule has 2 aromatic carbocycles. The lowest BCUT2D eigenvalue weighted by Gasteiger charge is -2.11. The number of hydrogen-bond acceptors (Lipinski definition) is 2. The third-order valence-electron chi connectivity index (χ3n) is 4.06. The third kappa shape index (κ3) is 3.69. The molecule has 0 fully saturated rings. The topological polar surface area (TPSA) is 12.0 Å². The van der Waals surface area contributed by atoms with Gasteiger partial charge < -0.3 is 5.32 Å². The van der Waals surface area contributed by atoms with E-state index in [1.807, 2.05) is 11.8 Å². The van der Waals surface area contributed by atoms with Crippen molar-refractivity contribution in [1.29, 1.82) is 0 Å². The molecule has 1 atom stereocenters. The second-order valence-corrected chi connectivity index (χ2v) is 7.42. The summed E-state index contributed by atoms with van der Waals surface area (Å²) in [6.45, 7) is 6.52. The Morgan fingerprint density at radius 2 is 1.86 bits per heavy atom. The van der Waals surface area contributed by atoms with Gasteiger partial charge in [0.15, 0.2) is 0 Å². The largest absolute Gasteiger partial charge is 0.312 e. The van der Waals surface area contributed by atoms with E-state index in [0.29, 0.717) is 11.2 Å². The minimum absolute atomic E-state index is 0.611. The maximum Gasteiger partial charge on any atom is 0.0260 e. The fraction of sp³-hybridized carbons (Fsp3) is 0.368. The molecule has 1 heterocycles. The number of thioether (sulfide) groups is 1. The molecule has 0 bridgehead atoms. The van der Waals surface area contributed by atoms with E-state index in [9.17, 15) is 0 Å². The Morgan fingerprint density at radius 3 is 2.57 bits per heavy atom. The molecule has 21 heavy (non-hydrogen) atoms. The van der Waals surface area contributed by atoms with Gasteiger partial charge in [0.1, 0.15) is 0 Å². The Balaban J connectivity index is 1.47. The van der Waals surface area contributed by atoms with E-state index in [0.717, 1.165) is 13.1 Å². The van der Waals surface area contributed by atoms with Gasteiger partial charge in [-0.2, -0.15) is 0 Å². The summed E-state index contributed by atoms with van der Waals surface area (Å²) in [6.07, 6.45) is 1.19. The van der Waals surface area contributed by atoms with Gasteiger partial charge in [0.2, 0.25) is 0 Å². The van der Waals surface area contributed by atoms with Crippen LogP contribution in [-0.4, -0.2) is 11.8 Å². The zero-order valence-corrected chi connectivity index (χ0v) is 13.6. The van der Waals surface area contributed by atoms with Crippen molar-refractivity contribution in [3.8, 4) is 0 Å². The number of benzene rings is 2. The lowest BCUT2D eigenvalue weighted by atomic mass is 10.0. The van der Waals surface area contributed by atoms with Crippen LogP contribution in [0, 0.1) is 0 Å². The number of nitrogens with one attached hydrogen (secondary N) is 1. The van der Waals surface area contributed by atoms with Crippen molar-refractivity contribution < 1.29 is 0 Å². The molecule has 0 saturated carbocycles. The molecule has 3 rings (SSSR count). The molecular formula is C19H23NS. The quantitative estimate of drug-likeness (QED) is 0.864. The lowest BCUT2D eigenvalue weighted by Crippen LogP contribution is -2.23. The molecule has 1 N–H and O–H groups in total. The molecule has 0 saturated heterocycles. The average Bonchev–Trinajstić information content (AvgIpc) is 2.90. The van der Waals surface area contributed by atoms with Crippen LogP contribution >= 0.6 is 11.8 Å². The summed E-state index contributed by atoms with van der Waals surface area (Å²) in [7, 11) is 0. The third-order valence-corrected chi connectivity index (χ3v) is 5.38. The van der Waals surface area contributed by atoms with E-state index in [-0.39, 0.29) is 0 Å². The normalized spacial score (nSPS) is 17.2. The Bertz CT molecular complexity index is 564. The summed E-state index contributed by atoms with van der Waals surface area (Å²) in [5, 5.41) is 4.28. The molecule has 1 aliphatic heterocycles. The molecule has 0 aliphatic carbocycles. The van der Waals surface area contributed by atoms with Gasteiger partial charge >= 0.3 is 0 Å². The molecule has 0 spiro atoms. The molecule has 110 valence electrons. The molecule has 1 unspecified atom stereocenters. The van der Waals surface area contributed by atoms with Crippen LogP contribution in [0.5, 0.6) is 0 Å². The number of hydrogen-bond donors (Lipinski definition) is 1. The first-order chi connectivity index (χ1) is 10.2. The van der Waals surface area contributed by atoms with Crippen LogP contribution in [0.2, 0.25) is 0 Å². The van der Waals surface area contributed by atoms with E-state index in [2.05, 4.69) is 67.7 Å². The van der Waals surface area contributed by atoms with Crippen LogP contribution in [0.15, 0.2) is 53.4 Å². The van der Waals surface area contributed by atoms with Gasteiger partial charge in [-0.25, -0.2) is 0 Å². The highest BCUT2D eigenvalue weighted by atomic mass is 32.2. The van der Waals surface area contributed by atoms with Crippen LogP contribution in [0.3, 0.4) is 0 Å². The van der Waals surface area contributed by atoms with Crippen LogP contribution in [-0.2, 0) is 13.0 Å². The summed E-state index contributed by atoms with van der Waals surface area (Å²) in [4.78, 5) is 1.46. The Labute approximate surface area is 132 Å². The van der Waals surface area contributed by atoms with E-state index in [4.69, 9.17) is 0 Å². The van der Waals surface area contributed by atoms with Crippen LogP contribution in [0.4, 0.5) is 0 Å². The van der Waals surface area contributed by atoms with Crippen molar-refractivity contribution in [2.45, 2.75) is 42.9 Å². The zero-order chi connectivity index (χ0) is 14.7. The van der Waals surface area contributed by atoms with Gasteiger partial charge in [-0.05, 0) is 35.1 Å². The van der Waals surface area contributed by atoms with Gasteiger partial charge in [0.25, 0.3) is 0 Å². The van der Waals surface area contributed by atoms with E-state index in [1.165, 1.54) is 28.0 Å². The molecule has 2 aromatic rings. The standard InChI is InChI=1S/C19H23NS/c1-14(2)16-9-7-15(8-10-16)12-20-13-18-11-17-5-3-4-6-19(17)21-18/h3-10,14,18,20H,11-13H2,1-2H3. The highest BCUT2D eigenvalue weighted by Gasteiger charge is 2.20. The van der Waals surface area contributed by atoms with Crippen molar-refractivity contribution in [3.05, 3.63) is 65.2 Å². The minimum atomic E-state index is 0.611. The van der Waals surface area contributed by atoms with Gasteiger partial charge in [-0.15, -0.1) is 11.8 Å². The lowest BCUT2D eigenvalue weighted by molar-refractivity contribution is 0.665. The molecule has 2 heteroatoms. The highest BCUT2D eigenvalue weighted by molar-refractivity contribution is 8.00.